The molecule has 1 aliphatic rings. The summed E-state index contributed by atoms with van der Waals surface area (Å²) in [5.41, 5.74) is 0.876. The number of amides is 2. The number of carbonyl (C=O) groups excluding carboxylic acids is 2. The predicted molar refractivity (Wildman–Crippen MR) is 89.8 cm³/mol. The molecule has 1 unspecified atom stereocenters. The summed E-state index contributed by atoms with van der Waals surface area (Å²) < 4.78 is 1.23. The van der Waals surface area contributed by atoms with E-state index in [1.54, 1.807) is 29.2 Å². The number of rotatable bonds is 4. The summed E-state index contributed by atoms with van der Waals surface area (Å²) in [4.78, 5) is 41.0. The van der Waals surface area contributed by atoms with E-state index in [-0.39, 0.29) is 24.4 Å². The number of hydrogen-bond acceptors (Lipinski definition) is 4. The Hall–Kier alpha value is -2.96. The second kappa shape index (κ2) is 6.66. The Kier molecular flexibility index (Phi) is 4.41. The fraction of sp³-hybridized carbons (Fsp3) is 0.294. The largest absolute Gasteiger partial charge is 0.347 e. The Morgan fingerprint density at radius 3 is 2.88 bits per heavy atom. The van der Waals surface area contributed by atoms with Crippen LogP contribution in [0.2, 0.25) is 0 Å². The molecule has 1 aromatic carbocycles. The number of aromatic nitrogens is 2. The third kappa shape index (κ3) is 3.34. The number of carbonyl (C=O) groups is 2. The maximum Gasteiger partial charge on any atom is 0.347 e. The van der Waals surface area contributed by atoms with Gasteiger partial charge < -0.3 is 10.2 Å². The Labute approximate surface area is 138 Å². The molecular formula is C17H18N4O3. The summed E-state index contributed by atoms with van der Waals surface area (Å²) in [5.74, 6) is -0.240. The van der Waals surface area contributed by atoms with Crippen LogP contribution in [0.25, 0.3) is 0 Å². The van der Waals surface area contributed by atoms with Crippen molar-refractivity contribution in [3.05, 3.63) is 53.2 Å². The van der Waals surface area contributed by atoms with Gasteiger partial charge in [0.25, 0.3) is 0 Å². The molecule has 24 heavy (non-hydrogen) atoms. The minimum absolute atomic E-state index is 0.0906. The van der Waals surface area contributed by atoms with E-state index in [2.05, 4.69) is 10.3 Å². The van der Waals surface area contributed by atoms with Gasteiger partial charge in [-0.25, -0.2) is 9.78 Å². The molecule has 1 atom stereocenters. The smallest absolute Gasteiger partial charge is 0.324 e. The van der Waals surface area contributed by atoms with E-state index in [1.807, 2.05) is 13.0 Å². The zero-order valence-electron chi connectivity index (χ0n) is 13.3. The fourth-order valence-electron chi connectivity index (χ4n) is 2.82. The number of hydrogen-bond donors (Lipinski definition) is 1. The van der Waals surface area contributed by atoms with Crippen LogP contribution in [0.3, 0.4) is 0 Å². The van der Waals surface area contributed by atoms with Crippen molar-refractivity contribution >= 4 is 23.2 Å². The molecule has 7 nitrogen and oxygen atoms in total. The summed E-state index contributed by atoms with van der Waals surface area (Å²) in [6.07, 6.45) is 4.27. The molecule has 0 radical (unpaired) electrons. The lowest BCUT2D eigenvalue weighted by atomic mass is 10.2. The highest BCUT2D eigenvalue weighted by Gasteiger charge is 2.28. The molecule has 1 aromatic heterocycles. The minimum Gasteiger partial charge on any atom is -0.324 e. The van der Waals surface area contributed by atoms with Crippen LogP contribution in [0.15, 0.2) is 47.5 Å². The summed E-state index contributed by atoms with van der Waals surface area (Å²) >= 11 is 0. The second-order valence-corrected chi connectivity index (χ2v) is 5.78. The molecule has 1 fully saturated rings. The molecular weight excluding hydrogens is 308 g/mol. The number of benzene rings is 1. The summed E-state index contributed by atoms with van der Waals surface area (Å²) in [6.45, 7) is 1.89. The molecule has 0 bridgehead atoms. The van der Waals surface area contributed by atoms with Gasteiger partial charge in [0.15, 0.2) is 0 Å². The quantitative estimate of drug-likeness (QED) is 0.920. The van der Waals surface area contributed by atoms with E-state index < -0.39 is 5.69 Å². The third-order valence-electron chi connectivity index (χ3n) is 3.99. The van der Waals surface area contributed by atoms with Crippen LogP contribution in [0, 0.1) is 0 Å². The van der Waals surface area contributed by atoms with E-state index in [4.69, 9.17) is 0 Å². The molecule has 1 saturated heterocycles. The molecule has 0 saturated carbocycles. The van der Waals surface area contributed by atoms with Gasteiger partial charge in [0.1, 0.15) is 6.54 Å². The van der Waals surface area contributed by atoms with Crippen molar-refractivity contribution in [3.8, 4) is 0 Å². The number of anilines is 2. The van der Waals surface area contributed by atoms with Crippen LogP contribution in [0.1, 0.15) is 19.8 Å². The van der Waals surface area contributed by atoms with Gasteiger partial charge in [0, 0.05) is 36.2 Å². The zero-order valence-corrected chi connectivity index (χ0v) is 13.3. The highest BCUT2D eigenvalue weighted by atomic mass is 16.2. The molecule has 7 heteroatoms. The lowest BCUT2D eigenvalue weighted by molar-refractivity contribution is -0.117. The SMILES string of the molecule is CC1CCC(=O)N1c1cccc(NC(=O)Cn2cccnc2=O)c1. The van der Waals surface area contributed by atoms with Gasteiger partial charge >= 0.3 is 5.69 Å². The maximum absolute atomic E-state index is 12.1. The van der Waals surface area contributed by atoms with Crippen molar-refractivity contribution < 1.29 is 9.59 Å². The maximum atomic E-state index is 12.1. The highest BCUT2D eigenvalue weighted by molar-refractivity contribution is 5.97. The molecule has 2 amide bonds. The fourth-order valence-corrected chi connectivity index (χ4v) is 2.82. The van der Waals surface area contributed by atoms with Crippen LogP contribution in [-0.4, -0.2) is 27.4 Å². The van der Waals surface area contributed by atoms with E-state index in [9.17, 15) is 14.4 Å². The Morgan fingerprint density at radius 1 is 1.33 bits per heavy atom. The van der Waals surface area contributed by atoms with Gasteiger partial charge in [-0.1, -0.05) is 6.07 Å². The lowest BCUT2D eigenvalue weighted by Gasteiger charge is -2.22. The molecule has 124 valence electrons. The van der Waals surface area contributed by atoms with E-state index in [0.717, 1.165) is 12.1 Å². The topological polar surface area (TPSA) is 84.3 Å². The number of nitrogens with one attached hydrogen (secondary N) is 1. The minimum atomic E-state index is -0.474. The van der Waals surface area contributed by atoms with Crippen molar-refractivity contribution in [3.63, 3.8) is 0 Å². The molecule has 1 N–H and O–H groups in total. The Morgan fingerprint density at radius 2 is 2.17 bits per heavy atom. The van der Waals surface area contributed by atoms with Crippen LogP contribution in [-0.2, 0) is 16.1 Å². The van der Waals surface area contributed by atoms with Gasteiger partial charge in [0.2, 0.25) is 11.8 Å². The zero-order chi connectivity index (χ0) is 17.1. The first-order valence-corrected chi connectivity index (χ1v) is 7.78. The number of nitrogens with zero attached hydrogens (tertiary/aromatic N) is 3. The molecule has 2 aromatic rings. The average Bonchev–Trinajstić information content (AvgIpc) is 2.89. The van der Waals surface area contributed by atoms with Gasteiger partial charge in [-0.15, -0.1) is 0 Å². The normalized spacial score (nSPS) is 17.1. The lowest BCUT2D eigenvalue weighted by Crippen LogP contribution is -2.31. The predicted octanol–water partition coefficient (Wildman–Crippen LogP) is 1.40. The Bertz CT molecular complexity index is 830. The van der Waals surface area contributed by atoms with Crippen LogP contribution in [0.5, 0.6) is 0 Å². The van der Waals surface area contributed by atoms with Gasteiger partial charge in [-0.3, -0.25) is 14.2 Å². The molecule has 2 heterocycles. The van der Waals surface area contributed by atoms with Crippen molar-refractivity contribution in [1.82, 2.24) is 9.55 Å². The average molecular weight is 326 g/mol. The first kappa shape index (κ1) is 15.9. The van der Waals surface area contributed by atoms with E-state index >= 15 is 0 Å². The second-order valence-electron chi connectivity index (χ2n) is 5.78. The van der Waals surface area contributed by atoms with Crippen molar-refractivity contribution in [2.24, 2.45) is 0 Å². The van der Waals surface area contributed by atoms with Crippen molar-refractivity contribution in [2.75, 3.05) is 10.2 Å². The highest BCUT2D eigenvalue weighted by Crippen LogP contribution is 2.28. The third-order valence-corrected chi connectivity index (χ3v) is 3.99. The van der Waals surface area contributed by atoms with Crippen LogP contribution in [0.4, 0.5) is 11.4 Å². The summed E-state index contributed by atoms with van der Waals surface area (Å²) in [5, 5.41) is 2.75. The first-order chi connectivity index (χ1) is 11.5. The van der Waals surface area contributed by atoms with E-state index in [1.165, 1.54) is 17.0 Å². The van der Waals surface area contributed by atoms with Gasteiger partial charge in [-0.2, -0.15) is 0 Å². The summed E-state index contributed by atoms with van der Waals surface area (Å²) in [7, 11) is 0. The molecule has 0 spiro atoms. The van der Waals surface area contributed by atoms with Crippen molar-refractivity contribution in [2.45, 2.75) is 32.4 Å². The Balaban J connectivity index is 1.73. The van der Waals surface area contributed by atoms with Gasteiger partial charge in [0.05, 0.1) is 0 Å². The molecule has 1 aliphatic heterocycles. The summed E-state index contributed by atoms with van der Waals surface area (Å²) in [6, 6.07) is 8.90. The first-order valence-electron chi connectivity index (χ1n) is 7.78. The molecule has 3 rings (SSSR count). The monoisotopic (exact) mass is 326 g/mol. The van der Waals surface area contributed by atoms with Crippen molar-refractivity contribution in [1.29, 1.82) is 0 Å². The van der Waals surface area contributed by atoms with E-state index in [0.29, 0.717) is 12.1 Å². The standard InChI is InChI=1S/C17H18N4O3/c1-12-6-7-16(23)21(12)14-5-2-4-13(10-14)19-15(22)11-20-9-3-8-18-17(20)24/h2-5,8-10,12H,6-7,11H2,1H3,(H,19,22). The van der Waals surface area contributed by atoms with Gasteiger partial charge in [-0.05, 0) is 37.6 Å². The molecule has 0 aliphatic carbocycles. The van der Waals surface area contributed by atoms with Crippen LogP contribution >= 0.6 is 0 Å². The van der Waals surface area contributed by atoms with Crippen LogP contribution < -0.4 is 15.9 Å².